The van der Waals surface area contributed by atoms with E-state index in [1.54, 1.807) is 42.0 Å². The van der Waals surface area contributed by atoms with E-state index in [-0.39, 0.29) is 16.9 Å². The van der Waals surface area contributed by atoms with Gasteiger partial charge in [-0.1, -0.05) is 20.8 Å². The Morgan fingerprint density at radius 2 is 2.10 bits per heavy atom. The summed E-state index contributed by atoms with van der Waals surface area (Å²) in [6.45, 7) is 6.16. The molecule has 1 unspecified atom stereocenters. The molecule has 0 aromatic carbocycles. The van der Waals surface area contributed by atoms with E-state index in [2.05, 4.69) is 46.1 Å². The van der Waals surface area contributed by atoms with Gasteiger partial charge in [0, 0.05) is 36.5 Å². The molecule has 1 amide bonds. The second kappa shape index (κ2) is 9.47. The summed E-state index contributed by atoms with van der Waals surface area (Å²) < 4.78 is 1.59. The maximum atomic E-state index is 13.1. The number of aryl methyl sites for hydroxylation is 1. The Kier molecular flexibility index (Phi) is 6.94. The average molecular weight is 441 g/mol. The van der Waals surface area contributed by atoms with E-state index < -0.39 is 6.04 Å². The summed E-state index contributed by atoms with van der Waals surface area (Å²) in [7, 11) is 1.76. The minimum absolute atomic E-state index is 0.165. The Morgan fingerprint density at radius 1 is 1.32 bits per heavy atom. The smallest absolute Gasteiger partial charge is 0.270 e. The third kappa shape index (κ3) is 5.61. The fourth-order valence-corrected chi connectivity index (χ4v) is 3.57. The van der Waals surface area contributed by atoms with Gasteiger partial charge in [-0.15, -0.1) is 0 Å². The standard InChI is InChI=1S/C22H28N6O2S/c1-22(2,3)18-12-17(28(4)27-18)21(30)25-15(8-10-31-5)16-11-19(29)26-20(24-16)14-7-6-9-23-13-14/h6-7,9,11-13,15H,8,10H2,1-5H3,(H,25,30)(H,24,26,29). The molecule has 3 heterocycles. The van der Waals surface area contributed by atoms with Crippen molar-refractivity contribution in [3.8, 4) is 11.4 Å². The van der Waals surface area contributed by atoms with Crippen molar-refractivity contribution in [1.82, 2.24) is 30.0 Å². The maximum absolute atomic E-state index is 13.1. The first-order valence-corrected chi connectivity index (χ1v) is 11.4. The van der Waals surface area contributed by atoms with Crippen LogP contribution in [0.3, 0.4) is 0 Å². The van der Waals surface area contributed by atoms with Crippen molar-refractivity contribution >= 4 is 17.7 Å². The summed E-state index contributed by atoms with van der Waals surface area (Å²) in [5.74, 6) is 0.983. The topological polar surface area (TPSA) is 106 Å². The van der Waals surface area contributed by atoms with E-state index in [9.17, 15) is 9.59 Å². The van der Waals surface area contributed by atoms with E-state index in [1.807, 2.05) is 18.4 Å². The number of carbonyl (C=O) groups is 1. The van der Waals surface area contributed by atoms with Crippen molar-refractivity contribution in [2.75, 3.05) is 12.0 Å². The lowest BCUT2D eigenvalue weighted by atomic mass is 9.92. The molecule has 0 aliphatic heterocycles. The highest BCUT2D eigenvalue weighted by Gasteiger charge is 2.24. The number of H-pyrrole nitrogens is 1. The van der Waals surface area contributed by atoms with E-state index in [1.165, 1.54) is 6.07 Å². The number of carbonyl (C=O) groups excluding carboxylic acids is 1. The summed E-state index contributed by atoms with van der Waals surface area (Å²) in [5, 5.41) is 7.54. The van der Waals surface area contributed by atoms with Crippen LogP contribution in [-0.2, 0) is 12.5 Å². The normalized spacial score (nSPS) is 12.5. The number of hydrogen-bond donors (Lipinski definition) is 2. The molecule has 0 radical (unpaired) electrons. The number of aromatic nitrogens is 5. The first kappa shape index (κ1) is 22.7. The van der Waals surface area contributed by atoms with Gasteiger partial charge in [-0.05, 0) is 36.6 Å². The summed E-state index contributed by atoms with van der Waals surface area (Å²) in [6.07, 6.45) is 5.94. The molecule has 3 rings (SSSR count). The van der Waals surface area contributed by atoms with E-state index in [0.717, 1.165) is 11.4 Å². The van der Waals surface area contributed by atoms with Gasteiger partial charge in [-0.25, -0.2) is 4.98 Å². The molecular weight excluding hydrogens is 412 g/mol. The zero-order valence-corrected chi connectivity index (χ0v) is 19.3. The van der Waals surface area contributed by atoms with Crippen LogP contribution in [0.5, 0.6) is 0 Å². The van der Waals surface area contributed by atoms with Crippen molar-refractivity contribution < 1.29 is 4.79 Å². The molecule has 164 valence electrons. The molecule has 0 saturated carbocycles. The zero-order chi connectivity index (χ0) is 22.6. The van der Waals surface area contributed by atoms with Crippen LogP contribution in [0.1, 0.15) is 55.1 Å². The third-order valence-corrected chi connectivity index (χ3v) is 5.49. The van der Waals surface area contributed by atoms with Crippen LogP contribution in [0.15, 0.2) is 41.5 Å². The minimum Gasteiger partial charge on any atom is -0.342 e. The van der Waals surface area contributed by atoms with E-state index in [0.29, 0.717) is 29.2 Å². The van der Waals surface area contributed by atoms with Gasteiger partial charge in [0.1, 0.15) is 11.5 Å². The molecule has 9 heteroatoms. The highest BCUT2D eigenvalue weighted by Crippen LogP contribution is 2.23. The molecule has 3 aromatic rings. The number of nitrogens with zero attached hydrogens (tertiary/aromatic N) is 4. The number of pyridine rings is 1. The van der Waals surface area contributed by atoms with Crippen LogP contribution < -0.4 is 10.9 Å². The predicted octanol–water partition coefficient (Wildman–Crippen LogP) is 3.09. The minimum atomic E-state index is -0.411. The lowest BCUT2D eigenvalue weighted by Gasteiger charge is -2.18. The zero-order valence-electron chi connectivity index (χ0n) is 18.5. The largest absolute Gasteiger partial charge is 0.342 e. The molecule has 8 nitrogen and oxygen atoms in total. The van der Waals surface area contributed by atoms with Crippen LogP contribution in [0.25, 0.3) is 11.4 Å². The second-order valence-corrected chi connectivity index (χ2v) is 9.34. The van der Waals surface area contributed by atoms with Gasteiger partial charge < -0.3 is 10.3 Å². The molecule has 3 aromatic heterocycles. The van der Waals surface area contributed by atoms with Gasteiger partial charge in [0.15, 0.2) is 0 Å². The Morgan fingerprint density at radius 3 is 2.71 bits per heavy atom. The molecule has 0 aliphatic rings. The second-order valence-electron chi connectivity index (χ2n) is 8.36. The number of thioether (sulfide) groups is 1. The fourth-order valence-electron chi connectivity index (χ4n) is 3.10. The summed E-state index contributed by atoms with van der Waals surface area (Å²) in [4.78, 5) is 36.9. The van der Waals surface area contributed by atoms with Crippen molar-refractivity contribution in [3.63, 3.8) is 0 Å². The molecule has 31 heavy (non-hydrogen) atoms. The van der Waals surface area contributed by atoms with E-state index in [4.69, 9.17) is 0 Å². The summed E-state index contributed by atoms with van der Waals surface area (Å²) >= 11 is 1.67. The Hall–Kier alpha value is -2.94. The van der Waals surface area contributed by atoms with Gasteiger partial charge in [0.25, 0.3) is 11.5 Å². The third-order valence-electron chi connectivity index (χ3n) is 4.85. The summed E-state index contributed by atoms with van der Waals surface area (Å²) in [6, 6.07) is 6.45. The summed E-state index contributed by atoms with van der Waals surface area (Å²) in [5.41, 5.74) is 2.09. The molecule has 0 bridgehead atoms. The number of aromatic amines is 1. The highest BCUT2D eigenvalue weighted by molar-refractivity contribution is 7.98. The van der Waals surface area contributed by atoms with E-state index >= 15 is 0 Å². The van der Waals surface area contributed by atoms with Crippen molar-refractivity contribution in [2.24, 2.45) is 7.05 Å². The van der Waals surface area contributed by atoms with Crippen molar-refractivity contribution in [2.45, 2.75) is 38.6 Å². The van der Waals surface area contributed by atoms with Crippen LogP contribution in [-0.4, -0.2) is 42.6 Å². The van der Waals surface area contributed by atoms with Crippen molar-refractivity contribution in [3.05, 3.63) is 64.1 Å². The number of hydrogen-bond acceptors (Lipinski definition) is 6. The molecule has 0 spiro atoms. The lowest BCUT2D eigenvalue weighted by Crippen LogP contribution is -2.32. The number of amides is 1. The van der Waals surface area contributed by atoms with Gasteiger partial charge in [-0.3, -0.25) is 19.3 Å². The molecule has 0 fully saturated rings. The molecule has 0 aliphatic carbocycles. The molecule has 1 atom stereocenters. The lowest BCUT2D eigenvalue weighted by molar-refractivity contribution is 0.0925. The average Bonchev–Trinajstić information content (AvgIpc) is 3.13. The van der Waals surface area contributed by atoms with Gasteiger partial charge in [-0.2, -0.15) is 16.9 Å². The Balaban J connectivity index is 1.93. The highest BCUT2D eigenvalue weighted by atomic mass is 32.2. The van der Waals surface area contributed by atoms with Gasteiger partial charge in [0.2, 0.25) is 0 Å². The Labute approximate surface area is 185 Å². The number of nitrogens with one attached hydrogen (secondary N) is 2. The molecule has 0 saturated heterocycles. The first-order chi connectivity index (χ1) is 14.7. The van der Waals surface area contributed by atoms with Gasteiger partial charge >= 0.3 is 0 Å². The molecule has 2 N–H and O–H groups in total. The van der Waals surface area contributed by atoms with Crippen molar-refractivity contribution in [1.29, 1.82) is 0 Å². The Bertz CT molecular complexity index is 1100. The SMILES string of the molecule is CSCCC(NC(=O)c1cc(C(C)(C)C)nn1C)c1cc(=O)[nH]c(-c2cccnc2)n1. The van der Waals surface area contributed by atoms with Crippen LogP contribution in [0, 0.1) is 0 Å². The molecular formula is C22H28N6O2S. The van der Waals surface area contributed by atoms with Crippen LogP contribution in [0.4, 0.5) is 0 Å². The van der Waals surface area contributed by atoms with Crippen LogP contribution >= 0.6 is 11.8 Å². The predicted molar refractivity (Wildman–Crippen MR) is 123 cm³/mol. The number of rotatable bonds is 7. The van der Waals surface area contributed by atoms with Gasteiger partial charge in [0.05, 0.1) is 17.4 Å². The quantitative estimate of drug-likeness (QED) is 0.585. The maximum Gasteiger partial charge on any atom is 0.270 e. The van der Waals surface area contributed by atoms with Crippen LogP contribution in [0.2, 0.25) is 0 Å². The monoisotopic (exact) mass is 440 g/mol. The first-order valence-electron chi connectivity index (χ1n) is 10.0. The fraction of sp³-hybridized carbons (Fsp3) is 0.409.